The molecule has 0 aromatic heterocycles. The molecule has 17 heteroatoms. The van der Waals surface area contributed by atoms with Crippen LogP contribution in [0.2, 0.25) is 0 Å². The second-order valence-electron chi connectivity index (χ2n) is 11.7. The van der Waals surface area contributed by atoms with E-state index in [1.165, 1.54) is 20.8 Å². The van der Waals surface area contributed by atoms with E-state index in [-0.39, 0.29) is 18.8 Å². The summed E-state index contributed by atoms with van der Waals surface area (Å²) in [6, 6.07) is -0.0589. The molecule has 0 saturated heterocycles. The number of hydrogen-bond acceptors (Lipinski definition) is 10. The first kappa shape index (κ1) is 40.4. The van der Waals surface area contributed by atoms with Crippen molar-refractivity contribution in [3.63, 3.8) is 0 Å². The zero-order valence-electron chi connectivity index (χ0n) is 26.9. The van der Waals surface area contributed by atoms with Gasteiger partial charge in [0.25, 0.3) is 0 Å². The van der Waals surface area contributed by atoms with Gasteiger partial charge >= 0.3 is 11.9 Å². The number of hydrogen-bond donors (Lipinski definition) is 10. The maximum Gasteiger partial charge on any atom is 0.328 e. The minimum Gasteiger partial charge on any atom is -0.481 e. The lowest BCUT2D eigenvalue weighted by molar-refractivity contribution is -0.145. The number of aliphatic hydroxyl groups excluding tert-OH is 2. The van der Waals surface area contributed by atoms with Crippen molar-refractivity contribution < 1.29 is 54.0 Å². The molecule has 0 aliphatic heterocycles. The number of carbonyl (C=O) groups excluding carboxylic acids is 5. The maximum atomic E-state index is 13.5. The van der Waals surface area contributed by atoms with Crippen molar-refractivity contribution in [2.45, 2.75) is 102 Å². The number of aliphatic hydroxyl groups is 2. The van der Waals surface area contributed by atoms with Crippen molar-refractivity contribution in [3.8, 4) is 0 Å². The van der Waals surface area contributed by atoms with E-state index in [0.29, 0.717) is 5.56 Å². The number of benzene rings is 1. The minimum absolute atomic E-state index is 0.0536. The van der Waals surface area contributed by atoms with Crippen LogP contribution in [0, 0.1) is 5.92 Å². The zero-order chi connectivity index (χ0) is 36.0. The highest BCUT2D eigenvalue weighted by Gasteiger charge is 2.34. The maximum absolute atomic E-state index is 13.5. The number of amides is 5. The van der Waals surface area contributed by atoms with Gasteiger partial charge in [-0.05, 0) is 38.7 Å². The van der Waals surface area contributed by atoms with Crippen LogP contribution >= 0.6 is 0 Å². The number of carbonyl (C=O) groups is 7. The summed E-state index contributed by atoms with van der Waals surface area (Å²) in [6.45, 7) is 7.20. The van der Waals surface area contributed by atoms with Gasteiger partial charge in [0.05, 0.1) is 24.7 Å². The summed E-state index contributed by atoms with van der Waals surface area (Å²) >= 11 is 0. The van der Waals surface area contributed by atoms with Gasteiger partial charge in [-0.25, -0.2) is 4.79 Å². The number of rotatable bonds is 19. The van der Waals surface area contributed by atoms with E-state index in [2.05, 4.69) is 26.6 Å². The van der Waals surface area contributed by atoms with Crippen LogP contribution < -0.4 is 32.3 Å². The lowest BCUT2D eigenvalue weighted by Gasteiger charge is -2.27. The molecular formula is C30H46N6O11. The van der Waals surface area contributed by atoms with Gasteiger partial charge in [0.15, 0.2) is 6.04 Å². The average Bonchev–Trinajstić information content (AvgIpc) is 2.96. The van der Waals surface area contributed by atoms with Gasteiger partial charge in [0, 0.05) is 6.42 Å². The van der Waals surface area contributed by atoms with E-state index >= 15 is 0 Å². The Morgan fingerprint density at radius 1 is 0.660 bits per heavy atom. The normalized spacial score (nSPS) is 16.2. The summed E-state index contributed by atoms with van der Waals surface area (Å²) < 4.78 is 0. The predicted octanol–water partition coefficient (Wildman–Crippen LogP) is -2.63. The molecule has 0 bridgehead atoms. The standard InChI is InChI=1S/C30H46N6O11/c1-14(2)11-20(33-25(41)15(3)32-29(45)23(16(4)37)35-26(42)19(31)13-22(39)40)27(43)34-21(12-18-9-7-6-8-10-18)28(44)36-24(17(5)38)30(46)47/h6-10,14-17,19-21,23-24,37-38H,11-13,31H2,1-5H3,(H,32,45)(H,33,41)(H,34,43)(H,35,42)(H,36,44)(H,39,40)(H,46,47)/t15-,16+,17+,19-,20-,21-,23-,24-/m0/s1. The van der Waals surface area contributed by atoms with Gasteiger partial charge in [-0.1, -0.05) is 44.2 Å². The molecule has 5 amide bonds. The summed E-state index contributed by atoms with van der Waals surface area (Å²) in [5.41, 5.74) is 6.14. The van der Waals surface area contributed by atoms with Gasteiger partial charge in [-0.2, -0.15) is 0 Å². The summed E-state index contributed by atoms with van der Waals surface area (Å²) in [7, 11) is 0. The second kappa shape index (κ2) is 19.1. The summed E-state index contributed by atoms with van der Waals surface area (Å²) in [6.07, 6.45) is -3.60. The molecule has 262 valence electrons. The number of carboxylic acids is 2. The van der Waals surface area contributed by atoms with Gasteiger partial charge < -0.3 is 52.7 Å². The van der Waals surface area contributed by atoms with E-state index in [4.69, 9.17) is 10.8 Å². The molecule has 1 rings (SSSR count). The van der Waals surface area contributed by atoms with Crippen LogP contribution in [0.5, 0.6) is 0 Å². The Balaban J connectivity index is 3.12. The number of aliphatic carboxylic acids is 2. The average molecular weight is 667 g/mol. The molecule has 11 N–H and O–H groups in total. The molecule has 0 aliphatic rings. The molecule has 0 saturated carbocycles. The summed E-state index contributed by atoms with van der Waals surface area (Å²) in [5.74, 6) is -7.50. The van der Waals surface area contributed by atoms with Crippen LogP contribution in [0.1, 0.15) is 53.0 Å². The van der Waals surface area contributed by atoms with Crippen LogP contribution in [0.3, 0.4) is 0 Å². The highest BCUT2D eigenvalue weighted by atomic mass is 16.4. The van der Waals surface area contributed by atoms with Crippen molar-refractivity contribution in [2.75, 3.05) is 0 Å². The van der Waals surface area contributed by atoms with E-state index in [1.54, 1.807) is 44.2 Å². The first-order valence-corrected chi connectivity index (χ1v) is 15.0. The van der Waals surface area contributed by atoms with Crippen molar-refractivity contribution >= 4 is 41.5 Å². The van der Waals surface area contributed by atoms with Crippen LogP contribution in [0.15, 0.2) is 30.3 Å². The molecule has 0 spiro atoms. The molecule has 17 nitrogen and oxygen atoms in total. The Labute approximate surface area is 272 Å². The zero-order valence-corrected chi connectivity index (χ0v) is 26.9. The highest BCUT2D eigenvalue weighted by molar-refractivity contribution is 5.96. The molecule has 0 heterocycles. The minimum atomic E-state index is -1.66. The van der Waals surface area contributed by atoms with Crippen LogP contribution in [-0.4, -0.2) is 110 Å². The van der Waals surface area contributed by atoms with E-state index < -0.39 is 96.4 Å². The third kappa shape index (κ3) is 14.1. The van der Waals surface area contributed by atoms with Crippen molar-refractivity contribution in [1.29, 1.82) is 0 Å². The van der Waals surface area contributed by atoms with Crippen LogP contribution in [0.4, 0.5) is 0 Å². The SMILES string of the molecule is CC(C)C[C@H](NC(=O)[C@H](C)NC(=O)[C@@H](NC(=O)[C@@H](N)CC(=O)O)[C@@H](C)O)C(=O)N[C@@H](Cc1ccccc1)C(=O)N[C@H](C(=O)O)[C@@H](C)O. The molecule has 0 radical (unpaired) electrons. The smallest absolute Gasteiger partial charge is 0.328 e. The topological polar surface area (TPSA) is 287 Å². The Morgan fingerprint density at radius 2 is 1.17 bits per heavy atom. The molecule has 0 aliphatic carbocycles. The first-order chi connectivity index (χ1) is 21.8. The fourth-order valence-electron chi connectivity index (χ4n) is 4.29. The van der Waals surface area contributed by atoms with Crippen molar-refractivity contribution in [2.24, 2.45) is 11.7 Å². The number of nitrogens with two attached hydrogens (primary N) is 1. The Kier molecular flexibility index (Phi) is 16.5. The third-order valence-corrected chi connectivity index (χ3v) is 6.85. The van der Waals surface area contributed by atoms with E-state index in [1.807, 2.05) is 0 Å². The Hall–Kier alpha value is -4.61. The van der Waals surface area contributed by atoms with E-state index in [0.717, 1.165) is 0 Å². The Bertz CT molecular complexity index is 1260. The quantitative estimate of drug-likeness (QED) is 0.0726. The number of carboxylic acid groups (broad SMARTS) is 2. The molecular weight excluding hydrogens is 620 g/mol. The molecule has 1 aromatic rings. The lowest BCUT2D eigenvalue weighted by atomic mass is 10.0. The molecule has 0 unspecified atom stereocenters. The first-order valence-electron chi connectivity index (χ1n) is 15.0. The van der Waals surface area contributed by atoms with Gasteiger partial charge in [-0.15, -0.1) is 0 Å². The van der Waals surface area contributed by atoms with Crippen LogP contribution in [0.25, 0.3) is 0 Å². The van der Waals surface area contributed by atoms with Gasteiger partial charge in [-0.3, -0.25) is 28.8 Å². The molecule has 1 aromatic carbocycles. The van der Waals surface area contributed by atoms with Gasteiger partial charge in [0.1, 0.15) is 24.2 Å². The summed E-state index contributed by atoms with van der Waals surface area (Å²) in [4.78, 5) is 87.3. The predicted molar refractivity (Wildman–Crippen MR) is 166 cm³/mol. The Morgan fingerprint density at radius 3 is 1.66 bits per heavy atom. The fraction of sp³-hybridized carbons (Fsp3) is 0.567. The van der Waals surface area contributed by atoms with Crippen molar-refractivity contribution in [1.82, 2.24) is 26.6 Å². The largest absolute Gasteiger partial charge is 0.481 e. The van der Waals surface area contributed by atoms with Crippen LogP contribution in [-0.2, 0) is 40.0 Å². The highest BCUT2D eigenvalue weighted by Crippen LogP contribution is 2.09. The monoisotopic (exact) mass is 666 g/mol. The van der Waals surface area contributed by atoms with E-state index in [9.17, 15) is 48.9 Å². The van der Waals surface area contributed by atoms with Crippen molar-refractivity contribution in [3.05, 3.63) is 35.9 Å². The van der Waals surface area contributed by atoms with Gasteiger partial charge in [0.2, 0.25) is 29.5 Å². The third-order valence-electron chi connectivity index (χ3n) is 6.85. The second-order valence-corrected chi connectivity index (χ2v) is 11.7. The molecule has 8 atom stereocenters. The molecule has 0 fully saturated rings. The lowest BCUT2D eigenvalue weighted by Crippen LogP contribution is -2.60. The number of nitrogens with one attached hydrogen (secondary N) is 5. The summed E-state index contributed by atoms with van der Waals surface area (Å²) in [5, 5.41) is 49.9. The molecule has 47 heavy (non-hydrogen) atoms. The fourth-order valence-corrected chi connectivity index (χ4v) is 4.29.